The van der Waals surface area contributed by atoms with E-state index in [0.29, 0.717) is 0 Å². The van der Waals surface area contributed by atoms with Gasteiger partial charge in [0.1, 0.15) is 0 Å². The Hall–Kier alpha value is 0.480. The minimum atomic E-state index is 0. The molecule has 0 amide bonds. The van der Waals surface area contributed by atoms with Crippen molar-refractivity contribution < 1.29 is 0 Å². The van der Waals surface area contributed by atoms with E-state index in [0.717, 1.165) is 0 Å². The van der Waals surface area contributed by atoms with Crippen LogP contribution in [-0.2, 0) is 0 Å². The SMILES string of the molecule is Cc1ccccc1.[CaH2]. The molecule has 0 aliphatic rings. The number of rotatable bonds is 0. The molecule has 0 aliphatic heterocycles. The average molecular weight is 134 g/mol. The second kappa shape index (κ2) is 4.37. The molecule has 0 radical (unpaired) electrons. The maximum atomic E-state index is 2.08. The fraction of sp³-hybridized carbons (Fsp3) is 0.143. The summed E-state index contributed by atoms with van der Waals surface area (Å²) in [4.78, 5) is 0. The van der Waals surface area contributed by atoms with Crippen LogP contribution in [0, 0.1) is 6.92 Å². The summed E-state index contributed by atoms with van der Waals surface area (Å²) in [6.45, 7) is 2.08. The van der Waals surface area contributed by atoms with E-state index in [2.05, 4.69) is 19.1 Å². The molecule has 0 aliphatic carbocycles. The first-order chi connectivity index (χ1) is 3.39. The zero-order valence-electron chi connectivity index (χ0n) is 4.39. The number of aryl methyl sites for hydroxylation is 1. The van der Waals surface area contributed by atoms with Gasteiger partial charge in [-0.2, -0.15) is 0 Å². The van der Waals surface area contributed by atoms with E-state index < -0.39 is 0 Å². The Balaban J connectivity index is 0.000000490. The van der Waals surface area contributed by atoms with Crippen molar-refractivity contribution in [3.63, 3.8) is 0 Å². The fourth-order valence-electron chi connectivity index (χ4n) is 0.534. The van der Waals surface area contributed by atoms with E-state index in [1.165, 1.54) is 5.56 Å². The van der Waals surface area contributed by atoms with E-state index >= 15 is 0 Å². The van der Waals surface area contributed by atoms with Gasteiger partial charge in [-0.05, 0) is 6.92 Å². The third kappa shape index (κ3) is 2.71. The van der Waals surface area contributed by atoms with Crippen molar-refractivity contribution in [3.05, 3.63) is 35.9 Å². The summed E-state index contributed by atoms with van der Waals surface area (Å²) in [5, 5.41) is 0. The van der Waals surface area contributed by atoms with Crippen molar-refractivity contribution >= 4 is 37.7 Å². The van der Waals surface area contributed by atoms with Crippen molar-refractivity contribution in [1.29, 1.82) is 0 Å². The normalized spacial score (nSPS) is 7.62. The van der Waals surface area contributed by atoms with Crippen LogP contribution >= 0.6 is 0 Å². The van der Waals surface area contributed by atoms with E-state index in [4.69, 9.17) is 0 Å². The van der Waals surface area contributed by atoms with Crippen LogP contribution in [0.2, 0.25) is 0 Å². The van der Waals surface area contributed by atoms with Gasteiger partial charge in [-0.15, -0.1) is 0 Å². The summed E-state index contributed by atoms with van der Waals surface area (Å²) >= 11 is 0. The van der Waals surface area contributed by atoms with Gasteiger partial charge in [0.25, 0.3) is 0 Å². The Kier molecular flexibility index (Phi) is 4.63. The Morgan fingerprint density at radius 2 is 1.50 bits per heavy atom. The molecule has 0 heterocycles. The Bertz CT molecular complexity index is 134. The van der Waals surface area contributed by atoms with Gasteiger partial charge in [0, 0.05) is 0 Å². The maximum absolute atomic E-state index is 2.08. The predicted octanol–water partition coefficient (Wildman–Crippen LogP) is 1.08. The molecule has 0 unspecified atom stereocenters. The van der Waals surface area contributed by atoms with Gasteiger partial charge in [0.05, 0.1) is 0 Å². The molecular formula is C7H10Ca. The van der Waals surface area contributed by atoms with E-state index in [-0.39, 0.29) is 37.7 Å². The van der Waals surface area contributed by atoms with Gasteiger partial charge >= 0.3 is 37.7 Å². The zero-order valence-corrected chi connectivity index (χ0v) is 4.39. The van der Waals surface area contributed by atoms with Gasteiger partial charge in [-0.3, -0.25) is 0 Å². The van der Waals surface area contributed by atoms with Gasteiger partial charge in [0.2, 0.25) is 0 Å². The molecular weight excluding hydrogens is 124 g/mol. The summed E-state index contributed by atoms with van der Waals surface area (Å²) in [5.74, 6) is 0. The molecule has 0 nitrogen and oxygen atoms in total. The van der Waals surface area contributed by atoms with Crippen LogP contribution in [0.15, 0.2) is 30.3 Å². The van der Waals surface area contributed by atoms with E-state index in [1.807, 2.05) is 18.2 Å². The Morgan fingerprint density at radius 3 is 1.75 bits per heavy atom. The molecule has 40 valence electrons. The summed E-state index contributed by atoms with van der Waals surface area (Å²) < 4.78 is 0. The quantitative estimate of drug-likeness (QED) is 0.466. The van der Waals surface area contributed by atoms with Gasteiger partial charge in [-0.1, -0.05) is 35.9 Å². The standard InChI is InChI=1S/C7H8.Ca.2H/c1-7-5-3-2-4-6-7;;;/h2-6H,1H3;;;. The van der Waals surface area contributed by atoms with Crippen molar-refractivity contribution in [3.8, 4) is 0 Å². The molecule has 0 saturated carbocycles. The van der Waals surface area contributed by atoms with Crippen LogP contribution < -0.4 is 0 Å². The van der Waals surface area contributed by atoms with E-state index in [1.54, 1.807) is 0 Å². The van der Waals surface area contributed by atoms with Crippen molar-refractivity contribution in [1.82, 2.24) is 0 Å². The second-order valence-corrected chi connectivity index (χ2v) is 1.65. The third-order valence-corrected chi connectivity index (χ3v) is 0.940. The van der Waals surface area contributed by atoms with Crippen molar-refractivity contribution in [2.24, 2.45) is 0 Å². The third-order valence-electron chi connectivity index (χ3n) is 0.940. The van der Waals surface area contributed by atoms with Gasteiger partial charge in [-0.25, -0.2) is 0 Å². The Labute approximate surface area is 79.9 Å². The van der Waals surface area contributed by atoms with Crippen LogP contribution in [0.25, 0.3) is 0 Å². The van der Waals surface area contributed by atoms with Crippen LogP contribution in [0.3, 0.4) is 0 Å². The number of hydrogen-bond acceptors (Lipinski definition) is 0. The van der Waals surface area contributed by atoms with Crippen LogP contribution in [0.1, 0.15) is 5.56 Å². The van der Waals surface area contributed by atoms with Gasteiger partial charge < -0.3 is 0 Å². The molecule has 0 saturated heterocycles. The van der Waals surface area contributed by atoms with Crippen LogP contribution in [-0.4, -0.2) is 37.7 Å². The zero-order chi connectivity index (χ0) is 5.11. The predicted molar refractivity (Wildman–Crippen MR) is 39.7 cm³/mol. The van der Waals surface area contributed by atoms with Gasteiger partial charge in [0.15, 0.2) is 0 Å². The van der Waals surface area contributed by atoms with Crippen LogP contribution in [0.4, 0.5) is 0 Å². The van der Waals surface area contributed by atoms with Crippen molar-refractivity contribution in [2.75, 3.05) is 0 Å². The van der Waals surface area contributed by atoms with Crippen LogP contribution in [0.5, 0.6) is 0 Å². The molecule has 0 fully saturated rings. The summed E-state index contributed by atoms with van der Waals surface area (Å²) in [7, 11) is 0. The molecule has 0 N–H and O–H groups in total. The molecule has 0 atom stereocenters. The molecule has 1 aromatic carbocycles. The summed E-state index contributed by atoms with van der Waals surface area (Å²) in [5.41, 5.74) is 1.32. The molecule has 1 aromatic rings. The average Bonchev–Trinajstić information content (AvgIpc) is 1.69. The van der Waals surface area contributed by atoms with E-state index in [9.17, 15) is 0 Å². The molecule has 1 rings (SSSR count). The molecule has 0 aromatic heterocycles. The molecule has 8 heavy (non-hydrogen) atoms. The number of benzene rings is 1. The molecule has 1 heteroatoms. The summed E-state index contributed by atoms with van der Waals surface area (Å²) in [6, 6.07) is 10.3. The second-order valence-electron chi connectivity index (χ2n) is 1.65. The first-order valence-corrected chi connectivity index (χ1v) is 2.41. The monoisotopic (exact) mass is 134 g/mol. The fourth-order valence-corrected chi connectivity index (χ4v) is 0.534. The van der Waals surface area contributed by atoms with Crippen molar-refractivity contribution in [2.45, 2.75) is 6.92 Å². The first-order valence-electron chi connectivity index (χ1n) is 2.41. The molecule has 0 bridgehead atoms. The first kappa shape index (κ1) is 8.48. The number of hydrogen-bond donors (Lipinski definition) is 0. The topological polar surface area (TPSA) is 0 Å². The minimum absolute atomic E-state index is 0. The molecule has 0 spiro atoms. The summed E-state index contributed by atoms with van der Waals surface area (Å²) in [6.07, 6.45) is 0. The Morgan fingerprint density at radius 1 is 1.00 bits per heavy atom.